The van der Waals surface area contributed by atoms with Gasteiger partial charge in [0.2, 0.25) is 0 Å². The summed E-state index contributed by atoms with van der Waals surface area (Å²) in [4.78, 5) is 0. The summed E-state index contributed by atoms with van der Waals surface area (Å²) >= 11 is 1.72. The minimum absolute atomic E-state index is 0.246. The van der Waals surface area contributed by atoms with E-state index in [1.165, 1.54) is 17.4 Å². The van der Waals surface area contributed by atoms with Gasteiger partial charge < -0.3 is 5.32 Å². The monoisotopic (exact) mass is 329 g/mol. The highest BCUT2D eigenvalue weighted by molar-refractivity contribution is 8.01. The maximum atomic E-state index is 11.2. The Labute approximate surface area is 133 Å². The molecule has 0 amide bonds. The fourth-order valence-corrected chi connectivity index (χ4v) is 4.52. The maximum Gasteiger partial charge on any atom is 0.148 e. The van der Waals surface area contributed by atoms with Gasteiger partial charge in [-0.15, -0.1) is 0 Å². The van der Waals surface area contributed by atoms with Crippen LogP contribution < -0.4 is 5.32 Å². The number of benzene rings is 1. The van der Waals surface area contributed by atoms with E-state index in [1.54, 1.807) is 11.8 Å². The minimum atomic E-state index is -2.87. The van der Waals surface area contributed by atoms with Gasteiger partial charge in [-0.1, -0.05) is 43.7 Å². The third kappa shape index (κ3) is 7.34. The molecular formula is C16H27NO2S2. The van der Waals surface area contributed by atoms with Gasteiger partial charge in [0.1, 0.15) is 9.84 Å². The van der Waals surface area contributed by atoms with Crippen LogP contribution in [0.5, 0.6) is 0 Å². The van der Waals surface area contributed by atoms with E-state index in [0.717, 1.165) is 13.0 Å². The largest absolute Gasteiger partial charge is 0.309 e. The van der Waals surface area contributed by atoms with Crippen LogP contribution in [0.2, 0.25) is 0 Å². The van der Waals surface area contributed by atoms with Crippen LogP contribution in [0.25, 0.3) is 0 Å². The Morgan fingerprint density at radius 1 is 1.24 bits per heavy atom. The van der Waals surface area contributed by atoms with Crippen molar-refractivity contribution in [2.45, 2.75) is 38.5 Å². The quantitative estimate of drug-likeness (QED) is 0.756. The van der Waals surface area contributed by atoms with Crippen molar-refractivity contribution < 1.29 is 8.42 Å². The van der Waals surface area contributed by atoms with E-state index < -0.39 is 9.84 Å². The summed E-state index contributed by atoms with van der Waals surface area (Å²) < 4.78 is 22.5. The van der Waals surface area contributed by atoms with Crippen molar-refractivity contribution in [3.05, 3.63) is 35.4 Å². The molecule has 0 heterocycles. The van der Waals surface area contributed by atoms with Crippen molar-refractivity contribution in [3.63, 3.8) is 0 Å². The normalized spacial score (nSPS) is 14.9. The second kappa shape index (κ2) is 8.81. The van der Waals surface area contributed by atoms with Crippen LogP contribution in [0.1, 0.15) is 37.4 Å². The molecule has 0 fully saturated rings. The standard InChI is InChI=1S/C16H27NO2S2/c1-5-10-17-16(15-8-6-13(2)7-9-15)14(3)20-11-12-21(4,18)19/h6-9,14,16-17H,5,10-12H2,1-4H3. The zero-order chi connectivity index (χ0) is 15.9. The zero-order valence-electron chi connectivity index (χ0n) is 13.4. The fourth-order valence-electron chi connectivity index (χ4n) is 2.11. The Morgan fingerprint density at radius 3 is 2.38 bits per heavy atom. The molecule has 0 bridgehead atoms. The van der Waals surface area contributed by atoms with Gasteiger partial charge in [0.15, 0.2) is 0 Å². The van der Waals surface area contributed by atoms with Crippen LogP contribution in [0.15, 0.2) is 24.3 Å². The summed E-state index contributed by atoms with van der Waals surface area (Å²) in [5.41, 5.74) is 2.53. The van der Waals surface area contributed by atoms with E-state index in [1.807, 2.05) is 0 Å². The molecule has 0 saturated heterocycles. The Kier molecular flexibility index (Phi) is 7.77. The molecular weight excluding hydrogens is 302 g/mol. The predicted octanol–water partition coefficient (Wildman–Crippen LogP) is 3.20. The first kappa shape index (κ1) is 18.5. The average Bonchev–Trinajstić information content (AvgIpc) is 2.39. The third-order valence-electron chi connectivity index (χ3n) is 3.36. The molecule has 1 N–H and O–H groups in total. The molecule has 0 radical (unpaired) electrons. The Hall–Kier alpha value is -0.520. The first-order valence-electron chi connectivity index (χ1n) is 7.42. The smallest absolute Gasteiger partial charge is 0.148 e. The second-order valence-corrected chi connectivity index (χ2v) is 9.29. The lowest BCUT2D eigenvalue weighted by Gasteiger charge is -2.25. The number of nitrogens with one attached hydrogen (secondary N) is 1. The van der Waals surface area contributed by atoms with Gasteiger partial charge >= 0.3 is 0 Å². The van der Waals surface area contributed by atoms with Crippen molar-refractivity contribution in [1.82, 2.24) is 5.32 Å². The van der Waals surface area contributed by atoms with Gasteiger partial charge in [-0.2, -0.15) is 11.8 Å². The van der Waals surface area contributed by atoms with Crippen LogP contribution in [-0.4, -0.2) is 38.0 Å². The van der Waals surface area contributed by atoms with E-state index in [9.17, 15) is 8.42 Å². The molecule has 0 aliphatic rings. The summed E-state index contributed by atoms with van der Waals surface area (Å²) in [5, 5.41) is 3.92. The molecule has 0 aliphatic heterocycles. The highest BCUT2D eigenvalue weighted by Gasteiger charge is 2.19. The summed E-state index contributed by atoms with van der Waals surface area (Å²) in [6, 6.07) is 8.84. The average molecular weight is 330 g/mol. The lowest BCUT2D eigenvalue weighted by Crippen LogP contribution is -2.29. The summed E-state index contributed by atoms with van der Waals surface area (Å²) in [6.07, 6.45) is 2.38. The summed E-state index contributed by atoms with van der Waals surface area (Å²) in [6.45, 7) is 7.37. The number of aryl methyl sites for hydroxylation is 1. The summed E-state index contributed by atoms with van der Waals surface area (Å²) in [5.74, 6) is 0.895. The van der Waals surface area contributed by atoms with Gasteiger partial charge in [-0.3, -0.25) is 0 Å². The van der Waals surface area contributed by atoms with E-state index in [0.29, 0.717) is 11.0 Å². The van der Waals surface area contributed by atoms with Crippen molar-refractivity contribution in [3.8, 4) is 0 Å². The lowest BCUT2D eigenvalue weighted by atomic mass is 10.0. The number of hydrogen-bond acceptors (Lipinski definition) is 4. The minimum Gasteiger partial charge on any atom is -0.309 e. The van der Waals surface area contributed by atoms with Crippen LogP contribution in [0, 0.1) is 6.92 Å². The molecule has 1 rings (SSSR count). The molecule has 1 aromatic carbocycles. The van der Waals surface area contributed by atoms with Crippen LogP contribution >= 0.6 is 11.8 Å². The maximum absolute atomic E-state index is 11.2. The van der Waals surface area contributed by atoms with Crippen molar-refractivity contribution in [2.24, 2.45) is 0 Å². The molecule has 2 unspecified atom stereocenters. The number of rotatable bonds is 9. The highest BCUT2D eigenvalue weighted by Crippen LogP contribution is 2.27. The Balaban J connectivity index is 2.69. The molecule has 3 nitrogen and oxygen atoms in total. The molecule has 0 saturated carbocycles. The third-order valence-corrected chi connectivity index (χ3v) is 5.80. The second-order valence-electron chi connectivity index (χ2n) is 5.55. The Morgan fingerprint density at radius 2 is 1.86 bits per heavy atom. The Bertz CT molecular complexity index is 512. The van der Waals surface area contributed by atoms with Crippen LogP contribution in [-0.2, 0) is 9.84 Å². The van der Waals surface area contributed by atoms with Crippen LogP contribution in [0.4, 0.5) is 0 Å². The molecule has 0 aromatic heterocycles. The molecule has 0 aliphatic carbocycles. The number of thioether (sulfide) groups is 1. The van der Waals surface area contributed by atoms with Crippen molar-refractivity contribution in [1.29, 1.82) is 0 Å². The summed E-state index contributed by atoms with van der Waals surface area (Å²) in [7, 11) is -2.87. The first-order chi connectivity index (χ1) is 9.83. The number of hydrogen-bond donors (Lipinski definition) is 1. The van der Waals surface area contributed by atoms with Crippen LogP contribution in [0.3, 0.4) is 0 Å². The topological polar surface area (TPSA) is 46.2 Å². The fraction of sp³-hybridized carbons (Fsp3) is 0.625. The van der Waals surface area contributed by atoms with Gasteiger partial charge in [-0.05, 0) is 25.5 Å². The highest BCUT2D eigenvalue weighted by atomic mass is 32.2. The molecule has 120 valence electrons. The van der Waals surface area contributed by atoms with E-state index in [-0.39, 0.29) is 11.8 Å². The molecule has 2 atom stereocenters. The molecule has 0 spiro atoms. The predicted molar refractivity (Wildman–Crippen MR) is 93.8 cm³/mol. The zero-order valence-corrected chi connectivity index (χ0v) is 15.1. The van der Waals surface area contributed by atoms with Gasteiger partial charge in [0.05, 0.1) is 5.75 Å². The molecule has 5 heteroatoms. The SMILES string of the molecule is CCCNC(c1ccc(C)cc1)C(C)SCCS(C)(=O)=O. The molecule has 21 heavy (non-hydrogen) atoms. The van der Waals surface area contributed by atoms with E-state index >= 15 is 0 Å². The molecule has 1 aromatic rings. The lowest BCUT2D eigenvalue weighted by molar-refractivity contribution is 0.528. The van der Waals surface area contributed by atoms with Gasteiger partial charge in [0.25, 0.3) is 0 Å². The van der Waals surface area contributed by atoms with Gasteiger partial charge in [0, 0.05) is 23.3 Å². The van der Waals surface area contributed by atoms with E-state index in [2.05, 4.69) is 50.4 Å². The first-order valence-corrected chi connectivity index (χ1v) is 10.5. The number of sulfone groups is 1. The van der Waals surface area contributed by atoms with E-state index in [4.69, 9.17) is 0 Å². The van der Waals surface area contributed by atoms with Gasteiger partial charge in [-0.25, -0.2) is 8.42 Å². The van der Waals surface area contributed by atoms with Crippen molar-refractivity contribution in [2.75, 3.05) is 24.3 Å². The van der Waals surface area contributed by atoms with Crippen molar-refractivity contribution >= 4 is 21.6 Å².